The van der Waals surface area contributed by atoms with Gasteiger partial charge in [0.15, 0.2) is 0 Å². The molecule has 0 fully saturated rings. The van der Waals surface area contributed by atoms with Crippen molar-refractivity contribution in [1.82, 2.24) is 15.0 Å². The van der Waals surface area contributed by atoms with Gasteiger partial charge in [-0.3, -0.25) is 4.68 Å². The van der Waals surface area contributed by atoms with Gasteiger partial charge < -0.3 is 4.74 Å². The maximum absolute atomic E-state index is 11.6. The maximum atomic E-state index is 11.6. The predicted molar refractivity (Wildman–Crippen MR) is 109 cm³/mol. The smallest absolute Gasteiger partial charge is 0.330 e. The van der Waals surface area contributed by atoms with Gasteiger partial charge in [0.05, 0.1) is 12.8 Å². The fourth-order valence-corrected chi connectivity index (χ4v) is 2.99. The van der Waals surface area contributed by atoms with Crippen molar-refractivity contribution < 1.29 is 9.53 Å². The third-order valence-corrected chi connectivity index (χ3v) is 4.45. The number of aryl methyl sites for hydroxylation is 2. The second-order valence-corrected chi connectivity index (χ2v) is 6.81. The van der Waals surface area contributed by atoms with E-state index in [1.54, 1.807) is 13.0 Å². The Labute approximate surface area is 162 Å². The summed E-state index contributed by atoms with van der Waals surface area (Å²) in [5.74, 6) is -0.336. The Balaban J connectivity index is 2.03. The third-order valence-electron chi connectivity index (χ3n) is 4.45. The molecule has 0 atom stereocenters. The van der Waals surface area contributed by atoms with Gasteiger partial charge in [0.25, 0.3) is 0 Å². The zero-order chi connectivity index (χ0) is 19.5. The number of carbonyl (C=O) groups is 1. The largest absolute Gasteiger partial charge is 0.463 e. The van der Waals surface area contributed by atoms with Gasteiger partial charge in [-0.2, -0.15) is 0 Å². The summed E-state index contributed by atoms with van der Waals surface area (Å²) in [6.07, 6.45) is 12.8. The van der Waals surface area contributed by atoms with Crippen molar-refractivity contribution in [2.45, 2.75) is 65.8 Å². The SMILES string of the molecule is CCCCCCCCn1cc(-c2ccc(C)cc2/C=C/C(=O)OCC)nn1. The Hall–Kier alpha value is -2.43. The number of carbonyl (C=O) groups excluding carboxylic acids is 1. The summed E-state index contributed by atoms with van der Waals surface area (Å²) >= 11 is 0. The summed E-state index contributed by atoms with van der Waals surface area (Å²) in [4.78, 5) is 11.6. The van der Waals surface area contributed by atoms with Crippen LogP contribution in [0.15, 0.2) is 30.5 Å². The predicted octanol–water partition coefficient (Wildman–Crippen LogP) is 5.19. The lowest BCUT2D eigenvalue weighted by atomic mass is 10.0. The molecule has 0 aliphatic heterocycles. The summed E-state index contributed by atoms with van der Waals surface area (Å²) in [5.41, 5.74) is 3.86. The number of nitrogens with zero attached hydrogens (tertiary/aromatic N) is 3. The first-order chi connectivity index (χ1) is 13.1. The van der Waals surface area contributed by atoms with Crippen LogP contribution in [0.1, 0.15) is 63.5 Å². The van der Waals surface area contributed by atoms with Crippen molar-refractivity contribution in [2.75, 3.05) is 6.61 Å². The number of ether oxygens (including phenoxy) is 1. The maximum Gasteiger partial charge on any atom is 0.330 e. The van der Waals surface area contributed by atoms with E-state index in [0.717, 1.165) is 35.3 Å². The molecule has 0 saturated carbocycles. The molecule has 0 aliphatic carbocycles. The number of rotatable bonds is 11. The second-order valence-electron chi connectivity index (χ2n) is 6.81. The van der Waals surface area contributed by atoms with Crippen LogP contribution in [-0.4, -0.2) is 27.6 Å². The highest BCUT2D eigenvalue weighted by atomic mass is 16.5. The van der Waals surface area contributed by atoms with Gasteiger partial charge >= 0.3 is 5.97 Å². The van der Waals surface area contributed by atoms with Crippen LogP contribution in [-0.2, 0) is 16.1 Å². The van der Waals surface area contributed by atoms with E-state index in [-0.39, 0.29) is 5.97 Å². The number of esters is 1. The summed E-state index contributed by atoms with van der Waals surface area (Å²) in [6.45, 7) is 7.32. The summed E-state index contributed by atoms with van der Waals surface area (Å²) < 4.78 is 6.88. The van der Waals surface area contributed by atoms with E-state index < -0.39 is 0 Å². The molecule has 2 rings (SSSR count). The molecule has 5 heteroatoms. The molecule has 1 heterocycles. The molecule has 0 spiro atoms. The van der Waals surface area contributed by atoms with Gasteiger partial charge in [0.2, 0.25) is 0 Å². The van der Waals surface area contributed by atoms with E-state index in [1.165, 1.54) is 38.2 Å². The molecule has 0 saturated heterocycles. The van der Waals surface area contributed by atoms with E-state index in [9.17, 15) is 4.79 Å². The van der Waals surface area contributed by atoms with Crippen LogP contribution in [0.25, 0.3) is 17.3 Å². The standard InChI is InChI=1S/C22H31N3O2/c1-4-6-7-8-9-10-15-25-17-21(23-24-25)20-13-11-18(3)16-19(20)12-14-22(26)27-5-2/h11-14,16-17H,4-10,15H2,1-3H3/b14-12+. The number of hydrogen-bond acceptors (Lipinski definition) is 4. The lowest BCUT2D eigenvalue weighted by Gasteiger charge is -2.04. The minimum absolute atomic E-state index is 0.336. The number of benzene rings is 1. The van der Waals surface area contributed by atoms with Crippen molar-refractivity contribution in [3.63, 3.8) is 0 Å². The lowest BCUT2D eigenvalue weighted by Crippen LogP contribution is -1.99. The topological polar surface area (TPSA) is 57.0 Å². The highest BCUT2D eigenvalue weighted by Gasteiger charge is 2.09. The van der Waals surface area contributed by atoms with Crippen LogP contribution in [0.4, 0.5) is 0 Å². The van der Waals surface area contributed by atoms with Crippen LogP contribution in [0.2, 0.25) is 0 Å². The minimum atomic E-state index is -0.336. The molecule has 146 valence electrons. The third kappa shape index (κ3) is 7.00. The fourth-order valence-electron chi connectivity index (χ4n) is 2.99. The Kier molecular flexibility index (Phi) is 8.75. The van der Waals surface area contributed by atoms with Crippen molar-refractivity contribution in [3.05, 3.63) is 41.6 Å². The van der Waals surface area contributed by atoms with E-state index >= 15 is 0 Å². The highest BCUT2D eigenvalue weighted by molar-refractivity contribution is 5.89. The summed E-state index contributed by atoms with van der Waals surface area (Å²) in [6, 6.07) is 6.11. The monoisotopic (exact) mass is 369 g/mol. The zero-order valence-corrected chi connectivity index (χ0v) is 16.8. The molecule has 2 aromatic rings. The molecule has 27 heavy (non-hydrogen) atoms. The van der Waals surface area contributed by atoms with Crippen molar-refractivity contribution in [3.8, 4) is 11.3 Å². The molecule has 1 aromatic heterocycles. The summed E-state index contributed by atoms with van der Waals surface area (Å²) in [7, 11) is 0. The average molecular weight is 370 g/mol. The fraction of sp³-hybridized carbons (Fsp3) is 0.500. The van der Waals surface area contributed by atoms with Gasteiger partial charge in [-0.1, -0.05) is 68.0 Å². The van der Waals surface area contributed by atoms with Crippen LogP contribution < -0.4 is 0 Å². The average Bonchev–Trinajstić information content (AvgIpc) is 3.12. The van der Waals surface area contributed by atoms with Crippen molar-refractivity contribution in [2.24, 2.45) is 0 Å². The molecule has 5 nitrogen and oxygen atoms in total. The molecular weight excluding hydrogens is 338 g/mol. The van der Waals surface area contributed by atoms with Gasteiger partial charge in [-0.25, -0.2) is 4.79 Å². The van der Waals surface area contributed by atoms with Gasteiger partial charge in [-0.05, 0) is 31.9 Å². The van der Waals surface area contributed by atoms with Gasteiger partial charge in [-0.15, -0.1) is 5.10 Å². The Morgan fingerprint density at radius 3 is 2.70 bits per heavy atom. The summed E-state index contributed by atoms with van der Waals surface area (Å²) in [5, 5.41) is 8.60. The Morgan fingerprint density at radius 2 is 1.93 bits per heavy atom. The quantitative estimate of drug-likeness (QED) is 0.311. The van der Waals surface area contributed by atoms with Gasteiger partial charge in [0, 0.05) is 18.2 Å². The van der Waals surface area contributed by atoms with Crippen LogP contribution >= 0.6 is 0 Å². The van der Waals surface area contributed by atoms with Crippen LogP contribution in [0, 0.1) is 6.92 Å². The first-order valence-electron chi connectivity index (χ1n) is 10.00. The highest BCUT2D eigenvalue weighted by Crippen LogP contribution is 2.24. The first-order valence-corrected chi connectivity index (χ1v) is 10.00. The van der Waals surface area contributed by atoms with E-state index in [4.69, 9.17) is 4.74 Å². The molecule has 0 aliphatic rings. The first kappa shape index (κ1) is 20.9. The molecule has 0 bridgehead atoms. The Bertz CT molecular complexity index is 750. The second kappa shape index (κ2) is 11.3. The van der Waals surface area contributed by atoms with E-state index in [1.807, 2.05) is 36.0 Å². The number of unbranched alkanes of at least 4 members (excludes halogenated alkanes) is 5. The molecule has 0 amide bonds. The molecule has 0 radical (unpaired) electrons. The van der Waals surface area contributed by atoms with Crippen LogP contribution in [0.5, 0.6) is 0 Å². The zero-order valence-electron chi connectivity index (χ0n) is 16.8. The van der Waals surface area contributed by atoms with Crippen molar-refractivity contribution in [1.29, 1.82) is 0 Å². The van der Waals surface area contributed by atoms with Crippen LogP contribution in [0.3, 0.4) is 0 Å². The van der Waals surface area contributed by atoms with Gasteiger partial charge in [0.1, 0.15) is 5.69 Å². The van der Waals surface area contributed by atoms with E-state index in [0.29, 0.717) is 6.61 Å². The minimum Gasteiger partial charge on any atom is -0.463 e. The molecule has 0 unspecified atom stereocenters. The van der Waals surface area contributed by atoms with E-state index in [2.05, 4.69) is 17.2 Å². The lowest BCUT2D eigenvalue weighted by molar-refractivity contribution is -0.137. The number of hydrogen-bond donors (Lipinski definition) is 0. The molecule has 1 aromatic carbocycles. The number of aromatic nitrogens is 3. The molecular formula is C22H31N3O2. The Morgan fingerprint density at radius 1 is 1.15 bits per heavy atom. The van der Waals surface area contributed by atoms with Crippen molar-refractivity contribution >= 4 is 12.0 Å². The normalized spacial score (nSPS) is 11.2. The molecule has 0 N–H and O–H groups in total.